The highest BCUT2D eigenvalue weighted by atomic mass is 32.2. The first-order valence-corrected chi connectivity index (χ1v) is 9.30. The summed E-state index contributed by atoms with van der Waals surface area (Å²) in [5.41, 5.74) is 0.788. The van der Waals surface area contributed by atoms with Crippen molar-refractivity contribution in [3.05, 3.63) is 35.6 Å². The molecule has 1 aliphatic rings. The van der Waals surface area contributed by atoms with E-state index in [1.54, 1.807) is 15.9 Å². The molecule has 0 saturated carbocycles. The van der Waals surface area contributed by atoms with Crippen LogP contribution < -0.4 is 0 Å². The summed E-state index contributed by atoms with van der Waals surface area (Å²) in [4.78, 5) is 28.1. The van der Waals surface area contributed by atoms with Crippen LogP contribution >= 0.6 is 11.8 Å². The lowest BCUT2D eigenvalue weighted by Gasteiger charge is -2.31. The van der Waals surface area contributed by atoms with Crippen molar-refractivity contribution >= 4 is 23.6 Å². The van der Waals surface area contributed by atoms with Gasteiger partial charge in [0, 0.05) is 25.6 Å². The third-order valence-corrected chi connectivity index (χ3v) is 5.60. The average molecular weight is 352 g/mol. The molecular formula is C18H25FN2O2S. The van der Waals surface area contributed by atoms with E-state index in [0.29, 0.717) is 19.5 Å². The van der Waals surface area contributed by atoms with Crippen LogP contribution in [0.5, 0.6) is 0 Å². The van der Waals surface area contributed by atoms with E-state index < -0.39 is 0 Å². The molecule has 2 amide bonds. The van der Waals surface area contributed by atoms with E-state index in [1.807, 2.05) is 33.8 Å². The monoisotopic (exact) mass is 352 g/mol. The van der Waals surface area contributed by atoms with Crippen molar-refractivity contribution in [2.75, 3.05) is 13.1 Å². The predicted molar refractivity (Wildman–Crippen MR) is 95.0 cm³/mol. The summed E-state index contributed by atoms with van der Waals surface area (Å²) in [6, 6.07) is 6.48. The minimum atomic E-state index is -0.301. The second-order valence-corrected chi connectivity index (χ2v) is 7.68. The minimum Gasteiger partial charge on any atom is -0.339 e. The number of hydrogen-bond donors (Lipinski definition) is 0. The molecule has 2 atom stereocenters. The summed E-state index contributed by atoms with van der Waals surface area (Å²) < 4.78 is 13.5. The standard InChI is InChI=1S/C18H25FN2O2S/c1-5-16(22)20(12(2)3)9-10-21-17(23)13(4)24-18(21)14-7-6-8-15(19)11-14/h6-8,11-13,18H,5,9-10H2,1-4H3/t13-,18+/m1/s1. The van der Waals surface area contributed by atoms with Gasteiger partial charge in [0.15, 0.2) is 0 Å². The molecule has 0 unspecified atom stereocenters. The maximum absolute atomic E-state index is 13.5. The van der Waals surface area contributed by atoms with Crippen LogP contribution in [0.25, 0.3) is 0 Å². The molecule has 24 heavy (non-hydrogen) atoms. The third kappa shape index (κ3) is 4.09. The van der Waals surface area contributed by atoms with Crippen LogP contribution in [-0.2, 0) is 9.59 Å². The fourth-order valence-electron chi connectivity index (χ4n) is 2.91. The molecule has 1 aliphatic heterocycles. The van der Waals surface area contributed by atoms with Crippen molar-refractivity contribution in [2.45, 2.75) is 50.8 Å². The van der Waals surface area contributed by atoms with Gasteiger partial charge in [0.05, 0.1) is 5.25 Å². The van der Waals surface area contributed by atoms with Gasteiger partial charge in [0.1, 0.15) is 11.2 Å². The van der Waals surface area contributed by atoms with Crippen LogP contribution in [0.15, 0.2) is 24.3 Å². The van der Waals surface area contributed by atoms with E-state index in [2.05, 4.69) is 0 Å². The summed E-state index contributed by atoms with van der Waals surface area (Å²) in [5, 5.41) is -0.360. The van der Waals surface area contributed by atoms with E-state index in [-0.39, 0.29) is 34.3 Å². The Morgan fingerprint density at radius 3 is 2.71 bits per heavy atom. The Bertz CT molecular complexity index is 608. The predicted octanol–water partition coefficient (Wildman–Crippen LogP) is 3.44. The molecule has 0 bridgehead atoms. The fourth-order valence-corrected chi connectivity index (χ4v) is 4.21. The second-order valence-electron chi connectivity index (χ2n) is 6.25. The van der Waals surface area contributed by atoms with E-state index in [0.717, 1.165) is 5.56 Å². The van der Waals surface area contributed by atoms with Crippen molar-refractivity contribution in [3.8, 4) is 0 Å². The summed E-state index contributed by atoms with van der Waals surface area (Å²) in [6.45, 7) is 8.61. The molecule has 4 nitrogen and oxygen atoms in total. The van der Waals surface area contributed by atoms with Crippen LogP contribution in [0.2, 0.25) is 0 Å². The van der Waals surface area contributed by atoms with Gasteiger partial charge in [-0.1, -0.05) is 19.1 Å². The van der Waals surface area contributed by atoms with Crippen molar-refractivity contribution in [2.24, 2.45) is 0 Å². The normalized spacial score (nSPS) is 20.8. The Hall–Kier alpha value is -1.56. The number of hydrogen-bond acceptors (Lipinski definition) is 3. The topological polar surface area (TPSA) is 40.6 Å². The van der Waals surface area contributed by atoms with E-state index in [9.17, 15) is 14.0 Å². The molecule has 1 heterocycles. The highest BCUT2D eigenvalue weighted by molar-refractivity contribution is 8.01. The smallest absolute Gasteiger partial charge is 0.236 e. The van der Waals surface area contributed by atoms with Crippen LogP contribution in [0.3, 0.4) is 0 Å². The van der Waals surface area contributed by atoms with Crippen molar-refractivity contribution in [3.63, 3.8) is 0 Å². The Labute approximate surface area is 147 Å². The number of nitrogens with zero attached hydrogens (tertiary/aromatic N) is 2. The maximum Gasteiger partial charge on any atom is 0.236 e. The molecule has 1 saturated heterocycles. The molecule has 0 aromatic heterocycles. The van der Waals surface area contributed by atoms with Gasteiger partial charge in [-0.05, 0) is 38.5 Å². The largest absolute Gasteiger partial charge is 0.339 e. The van der Waals surface area contributed by atoms with Crippen molar-refractivity contribution in [1.29, 1.82) is 0 Å². The Balaban J connectivity index is 2.16. The number of halogens is 1. The molecule has 0 spiro atoms. The first-order valence-electron chi connectivity index (χ1n) is 8.36. The van der Waals surface area contributed by atoms with E-state index >= 15 is 0 Å². The molecule has 1 aromatic rings. The van der Waals surface area contributed by atoms with Gasteiger partial charge in [0.25, 0.3) is 0 Å². The maximum atomic E-state index is 13.5. The van der Waals surface area contributed by atoms with Gasteiger partial charge in [-0.2, -0.15) is 0 Å². The zero-order chi connectivity index (χ0) is 17.9. The molecular weight excluding hydrogens is 327 g/mol. The number of thioether (sulfide) groups is 1. The molecule has 1 fully saturated rings. The summed E-state index contributed by atoms with van der Waals surface area (Å²) in [6.07, 6.45) is 0.449. The first kappa shape index (κ1) is 18.8. The van der Waals surface area contributed by atoms with E-state index in [1.165, 1.54) is 23.9 Å². The zero-order valence-corrected chi connectivity index (χ0v) is 15.5. The molecule has 0 N–H and O–H groups in total. The molecule has 0 aliphatic carbocycles. The Kier molecular flexibility index (Phi) is 6.27. The molecule has 132 valence electrons. The van der Waals surface area contributed by atoms with Crippen molar-refractivity contribution < 1.29 is 14.0 Å². The number of amides is 2. The SMILES string of the molecule is CCC(=O)N(CCN1C(=O)[C@@H](C)S[C@H]1c1cccc(F)c1)C(C)C. The Morgan fingerprint density at radius 1 is 1.42 bits per heavy atom. The molecule has 6 heteroatoms. The summed E-state index contributed by atoms with van der Waals surface area (Å²) in [5.74, 6) is -0.174. The lowest BCUT2D eigenvalue weighted by Crippen LogP contribution is -2.43. The Morgan fingerprint density at radius 2 is 2.12 bits per heavy atom. The van der Waals surface area contributed by atoms with Crippen LogP contribution in [0, 0.1) is 5.82 Å². The fraction of sp³-hybridized carbons (Fsp3) is 0.556. The number of carbonyl (C=O) groups is 2. The van der Waals surface area contributed by atoms with Gasteiger partial charge >= 0.3 is 0 Å². The molecule has 2 rings (SSSR count). The van der Waals surface area contributed by atoms with Gasteiger partial charge in [-0.3, -0.25) is 9.59 Å². The van der Waals surface area contributed by atoms with Crippen LogP contribution in [-0.4, -0.2) is 46.0 Å². The van der Waals surface area contributed by atoms with E-state index in [4.69, 9.17) is 0 Å². The third-order valence-electron chi connectivity index (χ3n) is 4.21. The van der Waals surface area contributed by atoms with Crippen LogP contribution in [0.4, 0.5) is 4.39 Å². The van der Waals surface area contributed by atoms with Gasteiger partial charge in [0.2, 0.25) is 11.8 Å². The molecule has 1 aromatic carbocycles. The van der Waals surface area contributed by atoms with Crippen molar-refractivity contribution in [1.82, 2.24) is 9.80 Å². The lowest BCUT2D eigenvalue weighted by molar-refractivity contribution is -0.135. The van der Waals surface area contributed by atoms with Gasteiger partial charge in [-0.25, -0.2) is 4.39 Å². The van der Waals surface area contributed by atoms with Crippen LogP contribution in [0.1, 0.15) is 45.1 Å². The number of carbonyl (C=O) groups excluding carboxylic acids is 2. The molecule has 0 radical (unpaired) electrons. The highest BCUT2D eigenvalue weighted by Crippen LogP contribution is 2.42. The number of benzene rings is 1. The van der Waals surface area contributed by atoms with Gasteiger partial charge in [-0.15, -0.1) is 11.8 Å². The zero-order valence-electron chi connectivity index (χ0n) is 14.7. The summed E-state index contributed by atoms with van der Waals surface area (Å²) >= 11 is 1.52. The average Bonchev–Trinajstić information content (AvgIpc) is 2.82. The number of rotatable bonds is 6. The first-order chi connectivity index (χ1) is 11.3. The lowest BCUT2D eigenvalue weighted by atomic mass is 10.2. The van der Waals surface area contributed by atoms with Gasteiger partial charge < -0.3 is 9.80 Å². The second kappa shape index (κ2) is 8.01. The minimum absolute atomic E-state index is 0.0434. The highest BCUT2D eigenvalue weighted by Gasteiger charge is 2.38. The quantitative estimate of drug-likeness (QED) is 0.787. The summed E-state index contributed by atoms with van der Waals surface area (Å²) in [7, 11) is 0.